The van der Waals surface area contributed by atoms with E-state index in [1.54, 1.807) is 6.20 Å². The van der Waals surface area contributed by atoms with Gasteiger partial charge in [-0.15, -0.1) is 0 Å². The molecule has 0 bridgehead atoms. The van der Waals surface area contributed by atoms with Gasteiger partial charge in [0.15, 0.2) is 8.32 Å². The van der Waals surface area contributed by atoms with Crippen LogP contribution in [0, 0.1) is 3.70 Å². The number of hydrogen-bond donors (Lipinski definition) is 0. The van der Waals surface area contributed by atoms with Crippen LogP contribution in [0.5, 0.6) is 0 Å². The summed E-state index contributed by atoms with van der Waals surface area (Å²) in [4.78, 5) is 17.8. The average Bonchev–Trinajstić information content (AvgIpc) is 2.48. The van der Waals surface area contributed by atoms with Crippen LogP contribution < -0.4 is 0 Å². The molecule has 0 aromatic carbocycles. The number of carbonyl (C=O) groups is 1. The minimum absolute atomic E-state index is 0.167. The van der Waals surface area contributed by atoms with Crippen LogP contribution in [0.3, 0.4) is 0 Å². The molecule has 0 radical (unpaired) electrons. The number of Topliss-reactive ketones (excluding diaryl/α,β-unsaturated/α-hetero) is 1. The standard InChI is InChI=1S/C11H18BrNOSi.C5H3BrIN.C3H6O/c1-11(2,14-15(3,4)5)10-7-6-9(12)8-13-10;6-4-1-2-5(7)8-3-4;1-3(2)4/h6-8H,1-5H3;1-3H;1-2H3/i1+1,2+1,11+1;;1+1,2+1,3+1. The second kappa shape index (κ2) is 12.4. The molecule has 2 rings (SSSR count). The second-order valence-electron chi connectivity index (χ2n) is 7.29. The third-order valence-electron chi connectivity index (χ3n) is 2.60. The summed E-state index contributed by atoms with van der Waals surface area (Å²) in [6.07, 6.45) is 3.59. The van der Waals surface area contributed by atoms with Gasteiger partial charge in [0.05, 0.1) is 11.3 Å². The number of nitrogens with zero attached hydrogens (tertiary/aromatic N) is 2. The molecular weight excluding hydrogens is 609 g/mol. The Labute approximate surface area is 194 Å². The maximum absolute atomic E-state index is 9.44. The van der Waals surface area contributed by atoms with Crippen LogP contribution in [-0.2, 0) is 14.8 Å². The first-order valence-corrected chi connectivity index (χ1v) is 14.4. The fourth-order valence-corrected chi connectivity index (χ4v) is 4.33. The maximum atomic E-state index is 9.44. The van der Waals surface area contributed by atoms with Crippen LogP contribution in [0.15, 0.2) is 45.6 Å². The summed E-state index contributed by atoms with van der Waals surface area (Å²) in [7, 11) is -1.54. The Hall–Kier alpha value is -0.163. The predicted molar refractivity (Wildman–Crippen MR) is 130 cm³/mol. The number of ketones is 1. The molecule has 0 atom stereocenters. The van der Waals surface area contributed by atoms with Gasteiger partial charge >= 0.3 is 0 Å². The van der Waals surface area contributed by atoms with Gasteiger partial charge in [-0.2, -0.15) is 0 Å². The molecule has 0 aliphatic heterocycles. The van der Waals surface area contributed by atoms with Gasteiger partial charge in [0.2, 0.25) is 0 Å². The topological polar surface area (TPSA) is 52.1 Å². The molecule has 0 saturated heterocycles. The molecule has 0 fully saturated rings. The Morgan fingerprint density at radius 1 is 1.00 bits per heavy atom. The van der Waals surface area contributed by atoms with E-state index in [4.69, 9.17) is 4.43 Å². The first-order chi connectivity index (χ1) is 12.2. The summed E-state index contributed by atoms with van der Waals surface area (Å²) in [5.74, 6) is 0.167. The van der Waals surface area contributed by atoms with Crippen molar-refractivity contribution in [3.63, 3.8) is 0 Å². The van der Waals surface area contributed by atoms with Gasteiger partial charge in [0.1, 0.15) is 9.48 Å². The smallest absolute Gasteiger partial charge is 0.185 e. The zero-order valence-electron chi connectivity index (χ0n) is 16.8. The lowest BCUT2D eigenvalue weighted by molar-refractivity contribution is -0.114. The van der Waals surface area contributed by atoms with E-state index in [-0.39, 0.29) is 11.4 Å². The minimum Gasteiger partial charge on any atom is -0.407 e. The molecule has 0 N–H and O–H groups in total. The zero-order chi connectivity index (χ0) is 21.3. The van der Waals surface area contributed by atoms with E-state index in [9.17, 15) is 4.79 Å². The van der Waals surface area contributed by atoms with Crippen molar-refractivity contribution in [2.75, 3.05) is 0 Å². The summed E-state index contributed by atoms with van der Waals surface area (Å²) in [5.41, 5.74) is 0.679. The Morgan fingerprint density at radius 3 is 1.74 bits per heavy atom. The van der Waals surface area contributed by atoms with E-state index in [0.717, 1.165) is 18.3 Å². The highest BCUT2D eigenvalue weighted by Crippen LogP contribution is 2.27. The Kier molecular flexibility index (Phi) is 12.3. The van der Waals surface area contributed by atoms with E-state index < -0.39 is 8.32 Å². The largest absolute Gasteiger partial charge is 0.407 e. The quantitative estimate of drug-likeness (QED) is 0.158. The van der Waals surface area contributed by atoms with Gasteiger partial charge in [-0.1, -0.05) is 0 Å². The number of rotatable bonds is 3. The average molecular weight is 636 g/mol. The molecule has 0 unspecified atom stereocenters. The monoisotopic (exact) mass is 634 g/mol. The first kappa shape index (κ1) is 26.8. The Morgan fingerprint density at radius 2 is 1.44 bits per heavy atom. The summed E-state index contributed by atoms with van der Waals surface area (Å²) < 4.78 is 9.15. The fraction of sp³-hybridized carbons (Fsp3) is 0.421. The maximum Gasteiger partial charge on any atom is 0.185 e. The van der Waals surface area contributed by atoms with E-state index in [1.807, 2.05) is 30.5 Å². The van der Waals surface area contributed by atoms with Crippen molar-refractivity contribution in [3.8, 4) is 0 Å². The van der Waals surface area contributed by atoms with Crippen molar-refractivity contribution in [2.24, 2.45) is 0 Å². The molecule has 0 aliphatic carbocycles. The summed E-state index contributed by atoms with van der Waals surface area (Å²) in [6.45, 7) is 13.8. The number of carbonyl (C=O) groups excluding carboxylic acids is 1. The van der Waals surface area contributed by atoms with E-state index in [2.05, 4.69) is 97.9 Å². The molecule has 2 aromatic heterocycles. The molecular formula is C19H27Br2IN2O2Si. The third kappa shape index (κ3) is 14.5. The summed E-state index contributed by atoms with van der Waals surface area (Å²) in [5, 5.41) is 0. The fourth-order valence-electron chi connectivity index (χ4n) is 1.91. The van der Waals surface area contributed by atoms with Gasteiger partial charge in [-0.3, -0.25) is 4.98 Å². The van der Waals surface area contributed by atoms with E-state index >= 15 is 0 Å². The molecule has 8 heteroatoms. The van der Waals surface area contributed by atoms with Crippen molar-refractivity contribution in [3.05, 3.63) is 55.0 Å². The van der Waals surface area contributed by atoms with E-state index in [0.29, 0.717) is 0 Å². The van der Waals surface area contributed by atoms with Gasteiger partial charge in [0, 0.05) is 21.3 Å². The lowest BCUT2D eigenvalue weighted by Crippen LogP contribution is -2.37. The molecule has 150 valence electrons. The summed E-state index contributed by atoms with van der Waals surface area (Å²) >= 11 is 8.82. The van der Waals surface area contributed by atoms with Crippen LogP contribution in [0.1, 0.15) is 33.4 Å². The number of hydrogen-bond acceptors (Lipinski definition) is 4. The minimum atomic E-state index is -1.54. The zero-order valence-corrected chi connectivity index (χ0v) is 23.1. The molecule has 0 spiro atoms. The van der Waals surface area contributed by atoms with Crippen molar-refractivity contribution in [2.45, 2.75) is 52.9 Å². The highest BCUT2D eigenvalue weighted by Gasteiger charge is 2.29. The third-order valence-corrected chi connectivity index (χ3v) is 5.30. The first-order valence-electron chi connectivity index (χ1n) is 8.29. The summed E-state index contributed by atoms with van der Waals surface area (Å²) in [6, 6.07) is 7.92. The molecule has 2 heterocycles. The Bertz CT molecular complexity index is 678. The predicted octanol–water partition coefficient (Wildman–Crippen LogP) is 6.97. The van der Waals surface area contributed by atoms with Crippen molar-refractivity contribution >= 4 is 68.6 Å². The lowest BCUT2D eigenvalue weighted by atomic mass is 10.4. The normalized spacial score (nSPS) is 10.9. The Balaban J connectivity index is 0.000000468. The highest BCUT2D eigenvalue weighted by molar-refractivity contribution is 14.1. The van der Waals surface area contributed by atoms with Gasteiger partial charge in [-0.25, -0.2) is 4.98 Å². The van der Waals surface area contributed by atoms with Gasteiger partial charge < -0.3 is 9.22 Å². The lowest BCUT2D eigenvalue weighted by Gasteiger charge is -2.32. The van der Waals surface area contributed by atoms with Crippen LogP contribution in [-0.4, -0.2) is 24.1 Å². The van der Waals surface area contributed by atoms with Crippen LogP contribution >= 0.6 is 54.5 Å². The van der Waals surface area contributed by atoms with E-state index in [1.165, 1.54) is 13.8 Å². The molecule has 0 saturated carbocycles. The van der Waals surface area contributed by atoms with Crippen LogP contribution in [0.2, 0.25) is 19.6 Å². The van der Waals surface area contributed by atoms with Gasteiger partial charge in [-0.05, 0) is 126 Å². The van der Waals surface area contributed by atoms with Crippen LogP contribution in [0.25, 0.3) is 0 Å². The van der Waals surface area contributed by atoms with Crippen molar-refractivity contribution in [1.29, 1.82) is 0 Å². The number of pyridine rings is 2. The molecule has 4 nitrogen and oxygen atoms in total. The van der Waals surface area contributed by atoms with Crippen molar-refractivity contribution in [1.82, 2.24) is 9.97 Å². The number of halogens is 3. The number of aromatic nitrogens is 2. The SMILES string of the molecule is Brc1ccc(I)nc1.C[Si](C)(C)O[13C]([13CH3])([13CH3])c1ccc(Br)cn1.[13CH3][13C]([13CH3])=O. The highest BCUT2D eigenvalue weighted by atomic mass is 127. The molecule has 27 heavy (non-hydrogen) atoms. The molecule has 0 amide bonds. The molecule has 0 aliphatic rings. The van der Waals surface area contributed by atoms with Crippen molar-refractivity contribution < 1.29 is 9.22 Å². The second-order valence-corrected chi connectivity index (χ2v) is 14.7. The van der Waals surface area contributed by atoms with Gasteiger partial charge in [0.25, 0.3) is 0 Å². The molecule has 2 aromatic rings. The van der Waals surface area contributed by atoms with Crippen LogP contribution in [0.4, 0.5) is 0 Å².